The van der Waals surface area contributed by atoms with Gasteiger partial charge in [-0.15, -0.1) is 0 Å². The highest BCUT2D eigenvalue weighted by Gasteiger charge is 2.09. The van der Waals surface area contributed by atoms with Gasteiger partial charge in [0.2, 0.25) is 5.91 Å². The Balaban J connectivity index is 2.10. The fraction of sp³-hybridized carbons (Fsp3) is 0.619. The first-order chi connectivity index (χ1) is 12.5. The maximum Gasteiger partial charge on any atom is 0.335 e. The number of carboxylic acid groups (broad SMARTS) is 1. The Labute approximate surface area is 157 Å². The van der Waals surface area contributed by atoms with Crippen LogP contribution in [0.2, 0.25) is 0 Å². The molecule has 0 spiro atoms. The zero-order valence-corrected chi connectivity index (χ0v) is 16.1. The maximum atomic E-state index is 12.0. The van der Waals surface area contributed by atoms with Gasteiger partial charge in [0.1, 0.15) is 0 Å². The zero-order chi connectivity index (χ0) is 19.2. The lowest BCUT2D eigenvalue weighted by Gasteiger charge is -2.09. The number of unbranched alkanes of at least 4 members (excludes halogenated alkanes) is 10. The number of nitrogens with one attached hydrogen (secondary N) is 1. The van der Waals surface area contributed by atoms with E-state index in [9.17, 15) is 9.59 Å². The minimum Gasteiger partial charge on any atom is -0.478 e. The Kier molecular flexibility index (Phi) is 11.2. The molecule has 0 atom stereocenters. The first kappa shape index (κ1) is 22.0. The van der Waals surface area contributed by atoms with Crippen molar-refractivity contribution >= 4 is 23.3 Å². The van der Waals surface area contributed by atoms with Gasteiger partial charge in [-0.25, -0.2) is 4.79 Å². The fourth-order valence-corrected chi connectivity index (χ4v) is 2.96. The van der Waals surface area contributed by atoms with E-state index >= 15 is 0 Å². The van der Waals surface area contributed by atoms with E-state index < -0.39 is 5.97 Å². The van der Waals surface area contributed by atoms with Crippen LogP contribution in [-0.4, -0.2) is 17.0 Å². The highest BCUT2D eigenvalue weighted by molar-refractivity contribution is 5.97. The molecule has 1 amide bonds. The molecule has 1 aromatic rings. The monoisotopic (exact) mass is 362 g/mol. The highest BCUT2D eigenvalue weighted by atomic mass is 16.4. The summed E-state index contributed by atoms with van der Waals surface area (Å²) in [5.41, 5.74) is 6.66. The molecule has 5 heteroatoms. The van der Waals surface area contributed by atoms with Gasteiger partial charge in [0.25, 0.3) is 0 Å². The SMILES string of the molecule is CCCCCCCCCCCCCC(=O)Nc1cc(C(=O)O)ccc1N. The van der Waals surface area contributed by atoms with Crippen molar-refractivity contribution < 1.29 is 14.7 Å². The van der Waals surface area contributed by atoms with Gasteiger partial charge in [0.15, 0.2) is 0 Å². The third-order valence-corrected chi connectivity index (χ3v) is 4.58. The molecule has 0 bridgehead atoms. The van der Waals surface area contributed by atoms with Crippen LogP contribution in [0, 0.1) is 0 Å². The second-order valence-electron chi connectivity index (χ2n) is 6.94. The van der Waals surface area contributed by atoms with Gasteiger partial charge in [-0.1, -0.05) is 71.1 Å². The number of amides is 1. The number of carboxylic acids is 1. The average Bonchev–Trinajstić information content (AvgIpc) is 2.61. The number of carbonyl (C=O) groups excluding carboxylic acids is 1. The van der Waals surface area contributed by atoms with E-state index in [0.29, 0.717) is 17.8 Å². The molecule has 0 aromatic heterocycles. The predicted molar refractivity (Wildman–Crippen MR) is 108 cm³/mol. The maximum absolute atomic E-state index is 12.0. The molecule has 0 aliphatic heterocycles. The Morgan fingerprint density at radius 1 is 0.923 bits per heavy atom. The molecule has 0 saturated carbocycles. The summed E-state index contributed by atoms with van der Waals surface area (Å²) in [4.78, 5) is 23.0. The number of hydrogen-bond acceptors (Lipinski definition) is 3. The zero-order valence-electron chi connectivity index (χ0n) is 16.1. The molecule has 0 heterocycles. The molecule has 0 saturated heterocycles. The summed E-state index contributed by atoms with van der Waals surface area (Å²) in [6.45, 7) is 2.24. The van der Waals surface area contributed by atoms with Crippen LogP contribution in [0.3, 0.4) is 0 Å². The number of nitrogen functional groups attached to an aromatic ring is 1. The lowest BCUT2D eigenvalue weighted by molar-refractivity contribution is -0.116. The molecule has 1 aromatic carbocycles. The average molecular weight is 363 g/mol. The van der Waals surface area contributed by atoms with Crippen LogP contribution >= 0.6 is 0 Å². The van der Waals surface area contributed by atoms with Crippen LogP contribution in [0.25, 0.3) is 0 Å². The van der Waals surface area contributed by atoms with Crippen molar-refractivity contribution in [2.75, 3.05) is 11.1 Å². The quantitative estimate of drug-likeness (QED) is 0.296. The minimum absolute atomic E-state index is 0.115. The summed E-state index contributed by atoms with van der Waals surface area (Å²) < 4.78 is 0. The number of rotatable bonds is 14. The van der Waals surface area contributed by atoms with Crippen molar-refractivity contribution in [2.24, 2.45) is 0 Å². The van der Waals surface area contributed by atoms with Gasteiger partial charge in [0, 0.05) is 6.42 Å². The standard InChI is InChI=1S/C21H34N2O3/c1-2-3-4-5-6-7-8-9-10-11-12-13-20(24)23-19-16-17(21(25)26)14-15-18(19)22/h14-16H,2-13,22H2,1H3,(H,23,24)(H,25,26). The van der Waals surface area contributed by atoms with E-state index in [1.54, 1.807) is 0 Å². The van der Waals surface area contributed by atoms with Crippen LogP contribution < -0.4 is 11.1 Å². The molecule has 146 valence electrons. The summed E-state index contributed by atoms with van der Waals surface area (Å²) in [6.07, 6.45) is 14.1. The molecule has 26 heavy (non-hydrogen) atoms. The van der Waals surface area contributed by atoms with Crippen molar-refractivity contribution in [3.05, 3.63) is 23.8 Å². The Bertz CT molecular complexity index is 558. The molecule has 0 radical (unpaired) electrons. The number of carbonyl (C=O) groups is 2. The van der Waals surface area contributed by atoms with Crippen LogP contribution in [-0.2, 0) is 4.79 Å². The Morgan fingerprint density at radius 3 is 2.00 bits per heavy atom. The van der Waals surface area contributed by atoms with E-state index in [1.165, 1.54) is 76.0 Å². The van der Waals surface area contributed by atoms with E-state index in [2.05, 4.69) is 12.2 Å². The van der Waals surface area contributed by atoms with Gasteiger partial charge in [-0.2, -0.15) is 0 Å². The van der Waals surface area contributed by atoms with Crippen LogP contribution in [0.1, 0.15) is 94.3 Å². The first-order valence-corrected chi connectivity index (χ1v) is 9.97. The van der Waals surface area contributed by atoms with E-state index in [-0.39, 0.29) is 11.5 Å². The van der Waals surface area contributed by atoms with Gasteiger partial charge in [-0.05, 0) is 24.6 Å². The smallest absolute Gasteiger partial charge is 0.335 e. The largest absolute Gasteiger partial charge is 0.478 e. The highest BCUT2D eigenvalue weighted by Crippen LogP contribution is 2.20. The lowest BCUT2D eigenvalue weighted by Crippen LogP contribution is -2.13. The third-order valence-electron chi connectivity index (χ3n) is 4.58. The molecule has 4 N–H and O–H groups in total. The predicted octanol–water partition coefficient (Wildman–Crippen LogP) is 5.61. The van der Waals surface area contributed by atoms with Crippen LogP contribution in [0.15, 0.2) is 18.2 Å². The van der Waals surface area contributed by atoms with E-state index in [4.69, 9.17) is 10.8 Å². The van der Waals surface area contributed by atoms with Gasteiger partial charge in [-0.3, -0.25) is 4.79 Å². The number of benzene rings is 1. The molecular formula is C21H34N2O3. The summed E-state index contributed by atoms with van der Waals surface area (Å²) >= 11 is 0. The second-order valence-corrected chi connectivity index (χ2v) is 6.94. The van der Waals surface area contributed by atoms with Crippen molar-refractivity contribution in [1.82, 2.24) is 0 Å². The molecular weight excluding hydrogens is 328 g/mol. The topological polar surface area (TPSA) is 92.4 Å². The van der Waals surface area contributed by atoms with Gasteiger partial charge in [0.05, 0.1) is 16.9 Å². The first-order valence-electron chi connectivity index (χ1n) is 9.97. The lowest BCUT2D eigenvalue weighted by atomic mass is 10.1. The molecule has 0 unspecified atom stereocenters. The van der Waals surface area contributed by atoms with E-state index in [1.807, 2.05) is 0 Å². The van der Waals surface area contributed by atoms with Gasteiger partial charge >= 0.3 is 5.97 Å². The molecule has 0 aliphatic rings. The van der Waals surface area contributed by atoms with Crippen molar-refractivity contribution in [3.8, 4) is 0 Å². The Hall–Kier alpha value is -2.04. The van der Waals surface area contributed by atoms with Crippen molar-refractivity contribution in [1.29, 1.82) is 0 Å². The van der Waals surface area contributed by atoms with Crippen LogP contribution in [0.4, 0.5) is 11.4 Å². The van der Waals surface area contributed by atoms with Crippen molar-refractivity contribution in [3.63, 3.8) is 0 Å². The normalized spacial score (nSPS) is 10.7. The molecule has 1 rings (SSSR count). The summed E-state index contributed by atoms with van der Waals surface area (Å²) in [7, 11) is 0. The second kappa shape index (κ2) is 13.2. The number of aromatic carboxylic acids is 1. The minimum atomic E-state index is -1.04. The van der Waals surface area contributed by atoms with Crippen LogP contribution in [0.5, 0.6) is 0 Å². The van der Waals surface area contributed by atoms with Gasteiger partial charge < -0.3 is 16.2 Å². The summed E-state index contributed by atoms with van der Waals surface area (Å²) in [5, 5.41) is 11.7. The number of anilines is 2. The number of nitrogens with two attached hydrogens (primary N) is 1. The molecule has 5 nitrogen and oxygen atoms in total. The molecule has 0 aliphatic carbocycles. The summed E-state index contributed by atoms with van der Waals surface area (Å²) in [5.74, 6) is -1.15. The fourth-order valence-electron chi connectivity index (χ4n) is 2.96. The Morgan fingerprint density at radius 2 is 1.46 bits per heavy atom. The summed E-state index contributed by atoms with van der Waals surface area (Å²) in [6, 6.07) is 4.33. The van der Waals surface area contributed by atoms with Crippen molar-refractivity contribution in [2.45, 2.75) is 84.0 Å². The molecule has 0 fully saturated rings. The van der Waals surface area contributed by atoms with E-state index in [0.717, 1.165) is 12.8 Å². The number of hydrogen-bond donors (Lipinski definition) is 3. The third kappa shape index (κ3) is 9.44.